The highest BCUT2D eigenvalue weighted by atomic mass is 35.5. The zero-order valence-corrected chi connectivity index (χ0v) is 9.16. The third-order valence-corrected chi connectivity index (χ3v) is 2.87. The lowest BCUT2D eigenvalue weighted by Crippen LogP contribution is -3.00. The van der Waals surface area contributed by atoms with Crippen LogP contribution in [0.15, 0.2) is 0 Å². The Kier molecular flexibility index (Phi) is 5.19. The number of rotatable bonds is 2. The molecule has 1 aliphatic carbocycles. The van der Waals surface area contributed by atoms with Crippen LogP contribution in [0.3, 0.4) is 0 Å². The van der Waals surface area contributed by atoms with Crippen molar-refractivity contribution in [2.45, 2.75) is 57.9 Å². The van der Waals surface area contributed by atoms with E-state index in [0.717, 1.165) is 5.92 Å². The third-order valence-electron chi connectivity index (χ3n) is 2.87. The van der Waals surface area contributed by atoms with E-state index in [0.29, 0.717) is 5.54 Å². The number of hydrogen-bond donors (Lipinski definition) is 1. The molecular formula is C10H22ClN. The van der Waals surface area contributed by atoms with Gasteiger partial charge >= 0.3 is 0 Å². The molecule has 1 saturated carbocycles. The maximum absolute atomic E-state index is 4.26. The molecule has 0 bridgehead atoms. The highest BCUT2D eigenvalue weighted by molar-refractivity contribution is 4.80. The predicted molar refractivity (Wildman–Crippen MR) is 48.2 cm³/mol. The molecule has 2 atom stereocenters. The molecule has 0 aromatic rings. The van der Waals surface area contributed by atoms with Gasteiger partial charge < -0.3 is 18.1 Å². The van der Waals surface area contributed by atoms with Crippen LogP contribution in [0.2, 0.25) is 0 Å². The zero-order valence-electron chi connectivity index (χ0n) is 8.41. The van der Waals surface area contributed by atoms with Crippen LogP contribution in [0, 0.1) is 5.92 Å². The van der Waals surface area contributed by atoms with Gasteiger partial charge in [-0.15, -0.1) is 0 Å². The van der Waals surface area contributed by atoms with Crippen LogP contribution in [0.25, 0.3) is 0 Å². The minimum atomic E-state index is 0. The third kappa shape index (κ3) is 3.77. The molecule has 0 heterocycles. The van der Waals surface area contributed by atoms with Crippen LogP contribution < -0.4 is 18.1 Å². The molecule has 1 rings (SSSR count). The van der Waals surface area contributed by atoms with Crippen LogP contribution in [-0.2, 0) is 0 Å². The summed E-state index contributed by atoms with van der Waals surface area (Å²) in [6, 6.07) is 0. The molecule has 1 nitrogen and oxygen atoms in total. The lowest BCUT2D eigenvalue weighted by molar-refractivity contribution is -0.481. The predicted octanol–water partition coefficient (Wildman–Crippen LogP) is -1.02. The summed E-state index contributed by atoms with van der Waals surface area (Å²) in [5.41, 5.74) is 4.66. The van der Waals surface area contributed by atoms with E-state index in [1.165, 1.54) is 38.5 Å². The summed E-state index contributed by atoms with van der Waals surface area (Å²) in [6.45, 7) is 4.60. The van der Waals surface area contributed by atoms with Gasteiger partial charge in [0.15, 0.2) is 0 Å². The van der Waals surface area contributed by atoms with Crippen LogP contribution in [0.1, 0.15) is 52.4 Å². The Morgan fingerprint density at radius 1 is 1.50 bits per heavy atom. The van der Waals surface area contributed by atoms with E-state index in [1.807, 2.05) is 0 Å². The smallest absolute Gasteiger partial charge is 0.0920 e. The maximum Gasteiger partial charge on any atom is 0.0920 e. The van der Waals surface area contributed by atoms with Gasteiger partial charge in [0.25, 0.3) is 0 Å². The van der Waals surface area contributed by atoms with Gasteiger partial charge in [-0.1, -0.05) is 19.8 Å². The van der Waals surface area contributed by atoms with Crippen LogP contribution in [-0.4, -0.2) is 5.54 Å². The number of halogens is 1. The first-order valence-electron chi connectivity index (χ1n) is 4.99. The average molecular weight is 192 g/mol. The van der Waals surface area contributed by atoms with Crippen LogP contribution in [0.4, 0.5) is 0 Å². The van der Waals surface area contributed by atoms with E-state index in [1.54, 1.807) is 0 Å². The second kappa shape index (κ2) is 5.08. The maximum atomic E-state index is 4.26. The molecule has 12 heavy (non-hydrogen) atoms. The molecule has 0 spiro atoms. The van der Waals surface area contributed by atoms with Gasteiger partial charge in [0.05, 0.1) is 5.54 Å². The van der Waals surface area contributed by atoms with Crippen molar-refractivity contribution in [1.82, 2.24) is 0 Å². The normalized spacial score (nSPS) is 35.8. The van der Waals surface area contributed by atoms with E-state index < -0.39 is 0 Å². The quantitative estimate of drug-likeness (QED) is 0.579. The Morgan fingerprint density at radius 2 is 2.17 bits per heavy atom. The van der Waals surface area contributed by atoms with Gasteiger partial charge in [0.2, 0.25) is 0 Å². The van der Waals surface area contributed by atoms with Crippen molar-refractivity contribution >= 4 is 0 Å². The van der Waals surface area contributed by atoms with E-state index in [-0.39, 0.29) is 12.4 Å². The van der Waals surface area contributed by atoms with Gasteiger partial charge in [-0.25, -0.2) is 0 Å². The lowest BCUT2D eigenvalue weighted by atomic mass is 9.76. The zero-order chi connectivity index (χ0) is 8.32. The highest BCUT2D eigenvalue weighted by Gasteiger charge is 2.30. The molecule has 2 heteroatoms. The Bertz CT molecular complexity index is 121. The first kappa shape index (κ1) is 12.2. The number of quaternary nitrogens is 1. The first-order chi connectivity index (χ1) is 5.14. The molecule has 1 fully saturated rings. The Labute approximate surface area is 82.5 Å². The summed E-state index contributed by atoms with van der Waals surface area (Å²) >= 11 is 0. The monoisotopic (exact) mass is 191 g/mol. The topological polar surface area (TPSA) is 27.6 Å². The fourth-order valence-electron chi connectivity index (χ4n) is 2.37. The van der Waals surface area contributed by atoms with Crippen molar-refractivity contribution < 1.29 is 18.1 Å². The number of hydrogen-bond acceptors (Lipinski definition) is 0. The summed E-state index contributed by atoms with van der Waals surface area (Å²) in [5.74, 6) is 0.983. The molecule has 0 saturated heterocycles. The molecule has 0 aliphatic heterocycles. The van der Waals surface area contributed by atoms with Crippen molar-refractivity contribution in [2.24, 2.45) is 5.92 Å². The standard InChI is InChI=1S/C10H21N.ClH/c1-3-5-9-6-4-7-10(2,11)8-9;/h9H,3-8,11H2,1-2H3;1H/t9-,10-;/m1./s1. The molecule has 0 aromatic heterocycles. The van der Waals surface area contributed by atoms with Crippen LogP contribution in [0.5, 0.6) is 0 Å². The summed E-state index contributed by atoms with van der Waals surface area (Å²) < 4.78 is 0. The van der Waals surface area contributed by atoms with E-state index in [4.69, 9.17) is 0 Å². The highest BCUT2D eigenvalue weighted by Crippen LogP contribution is 2.31. The Balaban J connectivity index is 0.00000121. The first-order valence-corrected chi connectivity index (χ1v) is 4.99. The van der Waals surface area contributed by atoms with Crippen molar-refractivity contribution in [3.05, 3.63) is 0 Å². The van der Waals surface area contributed by atoms with Crippen molar-refractivity contribution in [2.75, 3.05) is 0 Å². The summed E-state index contributed by atoms with van der Waals surface area (Å²) in [6.07, 6.45) is 8.34. The lowest BCUT2D eigenvalue weighted by Gasteiger charge is -2.31. The van der Waals surface area contributed by atoms with Crippen molar-refractivity contribution in [3.63, 3.8) is 0 Å². The molecule has 74 valence electrons. The fraction of sp³-hybridized carbons (Fsp3) is 1.00. The fourth-order valence-corrected chi connectivity index (χ4v) is 2.37. The minimum absolute atomic E-state index is 0. The van der Waals surface area contributed by atoms with Gasteiger partial charge in [-0.05, 0) is 25.7 Å². The summed E-state index contributed by atoms with van der Waals surface area (Å²) in [7, 11) is 0. The molecule has 0 aromatic carbocycles. The largest absolute Gasteiger partial charge is 1.00 e. The van der Waals surface area contributed by atoms with Gasteiger partial charge in [-0.3, -0.25) is 0 Å². The molecule has 0 unspecified atom stereocenters. The molecule has 1 aliphatic rings. The second-order valence-corrected chi connectivity index (χ2v) is 4.56. The Hall–Kier alpha value is 0.250. The molecule has 0 amide bonds. The van der Waals surface area contributed by atoms with Gasteiger partial charge in [0.1, 0.15) is 0 Å². The molecule has 0 radical (unpaired) electrons. The van der Waals surface area contributed by atoms with E-state index >= 15 is 0 Å². The van der Waals surface area contributed by atoms with Gasteiger partial charge in [0, 0.05) is 12.8 Å². The summed E-state index contributed by atoms with van der Waals surface area (Å²) in [5, 5.41) is 0. The Morgan fingerprint density at radius 3 is 2.67 bits per heavy atom. The van der Waals surface area contributed by atoms with Crippen molar-refractivity contribution in [3.8, 4) is 0 Å². The second-order valence-electron chi connectivity index (χ2n) is 4.56. The van der Waals surface area contributed by atoms with Gasteiger partial charge in [-0.2, -0.15) is 0 Å². The van der Waals surface area contributed by atoms with E-state index in [2.05, 4.69) is 19.6 Å². The average Bonchev–Trinajstić information content (AvgIpc) is 1.85. The summed E-state index contributed by atoms with van der Waals surface area (Å²) in [4.78, 5) is 0. The van der Waals surface area contributed by atoms with Crippen molar-refractivity contribution in [1.29, 1.82) is 0 Å². The minimum Gasteiger partial charge on any atom is -1.00 e. The van der Waals surface area contributed by atoms with Crippen LogP contribution >= 0.6 is 0 Å². The SMILES string of the molecule is CCC[C@@H]1CCC[C@@](C)([NH3+])C1.[Cl-]. The van der Waals surface area contributed by atoms with E-state index in [9.17, 15) is 0 Å². The molecule has 3 N–H and O–H groups in total. The molecular weight excluding hydrogens is 170 g/mol.